The molecule has 1 aliphatic heterocycles. The van der Waals surface area contributed by atoms with E-state index in [0.29, 0.717) is 5.54 Å². The van der Waals surface area contributed by atoms with Gasteiger partial charge in [-0.15, -0.1) is 0 Å². The lowest BCUT2D eigenvalue weighted by Gasteiger charge is -2.46. The van der Waals surface area contributed by atoms with Gasteiger partial charge in [0.2, 0.25) is 0 Å². The van der Waals surface area contributed by atoms with E-state index in [9.17, 15) is 0 Å². The highest BCUT2D eigenvalue weighted by Gasteiger charge is 2.37. The highest BCUT2D eigenvalue weighted by Crippen LogP contribution is 2.36. The maximum absolute atomic E-state index is 6.18. The molecule has 17 heavy (non-hydrogen) atoms. The minimum Gasteiger partial charge on any atom is -0.329 e. The molecule has 1 saturated carbocycles. The van der Waals surface area contributed by atoms with E-state index in [0.717, 1.165) is 18.4 Å². The van der Waals surface area contributed by atoms with E-state index in [-0.39, 0.29) is 0 Å². The van der Waals surface area contributed by atoms with Gasteiger partial charge in [-0.1, -0.05) is 26.7 Å². The van der Waals surface area contributed by atoms with Crippen LogP contribution in [0.25, 0.3) is 0 Å². The van der Waals surface area contributed by atoms with Crippen molar-refractivity contribution in [3.05, 3.63) is 0 Å². The Bertz CT molecular complexity index is 233. The molecule has 1 aliphatic carbocycles. The summed E-state index contributed by atoms with van der Waals surface area (Å²) in [6.07, 6.45) is 9.58. The fourth-order valence-electron chi connectivity index (χ4n) is 3.70. The Morgan fingerprint density at radius 2 is 1.65 bits per heavy atom. The van der Waals surface area contributed by atoms with Crippen LogP contribution in [-0.2, 0) is 0 Å². The number of hydrogen-bond donors (Lipinski definition) is 1. The minimum atomic E-state index is 0.352. The summed E-state index contributed by atoms with van der Waals surface area (Å²) in [7, 11) is 0. The van der Waals surface area contributed by atoms with E-state index >= 15 is 0 Å². The molecule has 2 unspecified atom stereocenters. The van der Waals surface area contributed by atoms with Crippen LogP contribution in [0.1, 0.15) is 58.8 Å². The Labute approximate surface area is 107 Å². The van der Waals surface area contributed by atoms with E-state index in [1.807, 2.05) is 0 Å². The van der Waals surface area contributed by atoms with Crippen LogP contribution in [0.2, 0.25) is 0 Å². The van der Waals surface area contributed by atoms with E-state index in [4.69, 9.17) is 5.73 Å². The molecule has 2 nitrogen and oxygen atoms in total. The van der Waals surface area contributed by atoms with Gasteiger partial charge >= 0.3 is 0 Å². The molecule has 0 aromatic rings. The fraction of sp³-hybridized carbons (Fsp3) is 1.00. The van der Waals surface area contributed by atoms with Crippen molar-refractivity contribution in [3.63, 3.8) is 0 Å². The first-order chi connectivity index (χ1) is 8.16. The highest BCUT2D eigenvalue weighted by atomic mass is 15.2. The Morgan fingerprint density at radius 3 is 2.29 bits per heavy atom. The van der Waals surface area contributed by atoms with Gasteiger partial charge in [0.25, 0.3) is 0 Å². The van der Waals surface area contributed by atoms with Crippen molar-refractivity contribution >= 4 is 0 Å². The van der Waals surface area contributed by atoms with Gasteiger partial charge in [-0.3, -0.25) is 4.90 Å². The van der Waals surface area contributed by atoms with Crippen LogP contribution in [0.3, 0.4) is 0 Å². The third-order valence-corrected chi connectivity index (χ3v) is 5.28. The Hall–Kier alpha value is -0.0800. The van der Waals surface area contributed by atoms with Crippen molar-refractivity contribution in [2.75, 3.05) is 19.6 Å². The molecule has 0 radical (unpaired) electrons. The van der Waals surface area contributed by atoms with Gasteiger partial charge < -0.3 is 5.73 Å². The average molecular weight is 238 g/mol. The molecular formula is C15H30N2. The van der Waals surface area contributed by atoms with E-state index in [2.05, 4.69) is 18.7 Å². The second kappa shape index (κ2) is 5.71. The molecule has 2 heteroatoms. The molecule has 2 N–H and O–H groups in total. The quantitative estimate of drug-likeness (QED) is 0.749. The SMILES string of the molecule is CC1CCN(C2(CN)CCCC(C)CC2)CC1. The van der Waals surface area contributed by atoms with Crippen molar-refractivity contribution in [2.45, 2.75) is 64.3 Å². The Kier molecular flexibility index (Phi) is 4.48. The van der Waals surface area contributed by atoms with Crippen LogP contribution in [0.15, 0.2) is 0 Å². The van der Waals surface area contributed by atoms with Crippen LogP contribution in [0.5, 0.6) is 0 Å². The molecule has 2 atom stereocenters. The number of nitrogens with two attached hydrogens (primary N) is 1. The number of rotatable bonds is 2. The van der Waals surface area contributed by atoms with Crippen molar-refractivity contribution < 1.29 is 0 Å². The monoisotopic (exact) mass is 238 g/mol. The smallest absolute Gasteiger partial charge is 0.0331 e. The summed E-state index contributed by atoms with van der Waals surface area (Å²) in [6, 6.07) is 0. The molecule has 1 saturated heterocycles. The zero-order chi connectivity index (χ0) is 12.3. The number of nitrogens with zero attached hydrogens (tertiary/aromatic N) is 1. The Balaban J connectivity index is 2.02. The van der Waals surface area contributed by atoms with Gasteiger partial charge in [0, 0.05) is 12.1 Å². The summed E-state index contributed by atoms with van der Waals surface area (Å²) in [4.78, 5) is 2.74. The molecule has 1 heterocycles. The van der Waals surface area contributed by atoms with E-state index in [1.165, 1.54) is 58.0 Å². The molecule has 100 valence electrons. The van der Waals surface area contributed by atoms with Crippen LogP contribution in [0, 0.1) is 11.8 Å². The molecule has 2 fully saturated rings. The minimum absolute atomic E-state index is 0.352. The number of hydrogen-bond acceptors (Lipinski definition) is 2. The molecular weight excluding hydrogens is 208 g/mol. The van der Waals surface area contributed by atoms with Gasteiger partial charge in [-0.25, -0.2) is 0 Å². The zero-order valence-corrected chi connectivity index (χ0v) is 11.8. The van der Waals surface area contributed by atoms with Crippen molar-refractivity contribution in [1.29, 1.82) is 0 Å². The maximum Gasteiger partial charge on any atom is 0.0331 e. The maximum atomic E-state index is 6.18. The molecule has 0 bridgehead atoms. The van der Waals surface area contributed by atoms with Crippen LogP contribution in [-0.4, -0.2) is 30.1 Å². The predicted octanol–water partition coefficient (Wildman–Crippen LogP) is 3.02. The number of likely N-dealkylation sites (tertiary alicyclic amines) is 1. The first kappa shape index (κ1) is 13.4. The van der Waals surface area contributed by atoms with Gasteiger partial charge in [0.05, 0.1) is 0 Å². The second-order valence-corrected chi connectivity index (χ2v) is 6.63. The molecule has 2 aliphatic rings. The lowest BCUT2D eigenvalue weighted by atomic mass is 9.85. The van der Waals surface area contributed by atoms with Crippen LogP contribution < -0.4 is 5.73 Å². The third-order valence-electron chi connectivity index (χ3n) is 5.28. The standard InChI is InChI=1S/C15H30N2/c1-13-4-3-8-15(12-16,9-5-13)17-10-6-14(2)7-11-17/h13-14H,3-12,16H2,1-2H3. The zero-order valence-electron chi connectivity index (χ0n) is 11.8. The molecule has 0 aromatic heterocycles. The van der Waals surface area contributed by atoms with E-state index in [1.54, 1.807) is 0 Å². The van der Waals surface area contributed by atoms with Gasteiger partial charge in [-0.2, -0.15) is 0 Å². The fourth-order valence-corrected chi connectivity index (χ4v) is 3.70. The first-order valence-electron chi connectivity index (χ1n) is 7.61. The molecule has 0 aromatic carbocycles. The van der Waals surface area contributed by atoms with Gasteiger partial charge in [0.1, 0.15) is 0 Å². The Morgan fingerprint density at radius 1 is 1.00 bits per heavy atom. The average Bonchev–Trinajstić information content (AvgIpc) is 2.53. The van der Waals surface area contributed by atoms with Gasteiger partial charge in [0.15, 0.2) is 0 Å². The topological polar surface area (TPSA) is 29.3 Å². The largest absolute Gasteiger partial charge is 0.329 e. The molecule has 0 spiro atoms. The summed E-state index contributed by atoms with van der Waals surface area (Å²) in [5.41, 5.74) is 6.53. The van der Waals surface area contributed by atoms with Crippen LogP contribution >= 0.6 is 0 Å². The summed E-state index contributed by atoms with van der Waals surface area (Å²) in [5, 5.41) is 0. The van der Waals surface area contributed by atoms with Crippen molar-refractivity contribution in [2.24, 2.45) is 17.6 Å². The molecule has 0 amide bonds. The van der Waals surface area contributed by atoms with E-state index < -0.39 is 0 Å². The summed E-state index contributed by atoms with van der Waals surface area (Å²) in [5.74, 6) is 1.83. The summed E-state index contributed by atoms with van der Waals surface area (Å²) in [6.45, 7) is 8.24. The predicted molar refractivity (Wildman–Crippen MR) is 74.0 cm³/mol. The summed E-state index contributed by atoms with van der Waals surface area (Å²) < 4.78 is 0. The van der Waals surface area contributed by atoms with Crippen molar-refractivity contribution in [1.82, 2.24) is 4.90 Å². The lowest BCUT2D eigenvalue weighted by molar-refractivity contribution is 0.0448. The first-order valence-corrected chi connectivity index (χ1v) is 7.61. The lowest BCUT2D eigenvalue weighted by Crippen LogP contribution is -2.56. The van der Waals surface area contributed by atoms with Crippen LogP contribution in [0.4, 0.5) is 0 Å². The normalized spacial score (nSPS) is 37.9. The van der Waals surface area contributed by atoms with Crippen molar-refractivity contribution in [3.8, 4) is 0 Å². The number of piperidine rings is 1. The molecule has 2 rings (SSSR count). The van der Waals surface area contributed by atoms with Gasteiger partial charge in [-0.05, 0) is 57.0 Å². The third kappa shape index (κ3) is 3.03. The second-order valence-electron chi connectivity index (χ2n) is 6.63. The summed E-state index contributed by atoms with van der Waals surface area (Å²) >= 11 is 0. The highest BCUT2D eigenvalue weighted by molar-refractivity contribution is 4.95.